The van der Waals surface area contributed by atoms with E-state index in [1.54, 1.807) is 0 Å². The van der Waals surface area contributed by atoms with Gasteiger partial charge in [-0.1, -0.05) is 18.2 Å². The molecule has 25 heavy (non-hydrogen) atoms. The fourth-order valence-electron chi connectivity index (χ4n) is 3.68. The molecule has 0 spiro atoms. The van der Waals surface area contributed by atoms with Gasteiger partial charge in [-0.3, -0.25) is 4.79 Å². The molecule has 1 fully saturated rings. The third kappa shape index (κ3) is 5.23. The molecule has 1 saturated heterocycles. The van der Waals surface area contributed by atoms with Gasteiger partial charge in [0.1, 0.15) is 0 Å². The maximum atomic E-state index is 12.2. The Labute approximate surface area is 162 Å². The summed E-state index contributed by atoms with van der Waals surface area (Å²) in [6.45, 7) is 5.12. The minimum absolute atomic E-state index is 0. The first-order chi connectivity index (χ1) is 11.2. The first-order valence-electron chi connectivity index (χ1n) is 8.62. The molecule has 2 atom stereocenters. The minimum atomic E-state index is -0.415. The highest BCUT2D eigenvalue weighted by Gasteiger charge is 2.28. The van der Waals surface area contributed by atoms with Gasteiger partial charge >= 0.3 is 0 Å². The van der Waals surface area contributed by atoms with Gasteiger partial charge in [-0.05, 0) is 43.7 Å². The average molecular weight is 390 g/mol. The van der Waals surface area contributed by atoms with Crippen molar-refractivity contribution in [3.63, 3.8) is 0 Å². The number of rotatable bonds is 5. The Morgan fingerprint density at radius 3 is 2.72 bits per heavy atom. The predicted octanol–water partition coefficient (Wildman–Crippen LogP) is 2.15. The predicted molar refractivity (Wildman–Crippen MR) is 106 cm³/mol. The summed E-state index contributed by atoms with van der Waals surface area (Å²) in [5.41, 5.74) is 8.80. The summed E-state index contributed by atoms with van der Waals surface area (Å²) in [5.74, 6) is 0.215. The van der Waals surface area contributed by atoms with Gasteiger partial charge in [0.2, 0.25) is 5.91 Å². The molecule has 2 aliphatic rings. The topological polar surface area (TPSA) is 67.6 Å². The fourth-order valence-corrected chi connectivity index (χ4v) is 3.68. The SMILES string of the molecule is CC1Cc2ccccc2N1CCNC(=O)C(N)C1CCOCC1.Cl.Cl. The van der Waals surface area contributed by atoms with Gasteiger partial charge in [0.15, 0.2) is 0 Å². The summed E-state index contributed by atoms with van der Waals surface area (Å²) in [6, 6.07) is 8.57. The molecule has 0 bridgehead atoms. The Balaban J connectivity index is 0.00000156. The van der Waals surface area contributed by atoms with E-state index in [0.717, 1.165) is 25.8 Å². The van der Waals surface area contributed by atoms with Crippen molar-refractivity contribution in [3.05, 3.63) is 29.8 Å². The number of fused-ring (bicyclic) bond motifs is 1. The van der Waals surface area contributed by atoms with Crippen LogP contribution in [0.15, 0.2) is 24.3 Å². The number of halogens is 2. The molecular weight excluding hydrogens is 361 g/mol. The van der Waals surface area contributed by atoms with Crippen LogP contribution in [0.5, 0.6) is 0 Å². The third-order valence-corrected chi connectivity index (χ3v) is 5.08. The number of para-hydroxylation sites is 1. The molecule has 0 aromatic heterocycles. The maximum absolute atomic E-state index is 12.2. The van der Waals surface area contributed by atoms with Crippen LogP contribution < -0.4 is 16.0 Å². The van der Waals surface area contributed by atoms with E-state index >= 15 is 0 Å². The van der Waals surface area contributed by atoms with Crippen LogP contribution in [0.4, 0.5) is 5.69 Å². The van der Waals surface area contributed by atoms with Crippen molar-refractivity contribution in [2.45, 2.75) is 38.3 Å². The molecule has 1 amide bonds. The monoisotopic (exact) mass is 389 g/mol. The molecule has 2 heterocycles. The van der Waals surface area contributed by atoms with Crippen LogP contribution in [0.1, 0.15) is 25.3 Å². The smallest absolute Gasteiger partial charge is 0.237 e. The van der Waals surface area contributed by atoms with Gasteiger partial charge in [-0.15, -0.1) is 24.8 Å². The van der Waals surface area contributed by atoms with Crippen molar-refractivity contribution in [2.75, 3.05) is 31.2 Å². The molecular formula is C18H29Cl2N3O2. The second-order valence-corrected chi connectivity index (χ2v) is 6.64. The lowest BCUT2D eigenvalue weighted by molar-refractivity contribution is -0.124. The number of carbonyl (C=O) groups is 1. The van der Waals surface area contributed by atoms with Gasteiger partial charge in [-0.2, -0.15) is 0 Å². The summed E-state index contributed by atoms with van der Waals surface area (Å²) >= 11 is 0. The minimum Gasteiger partial charge on any atom is -0.381 e. The fraction of sp³-hybridized carbons (Fsp3) is 0.611. The normalized spacial score (nSPS) is 20.9. The van der Waals surface area contributed by atoms with Crippen molar-refractivity contribution in [1.82, 2.24) is 5.32 Å². The van der Waals surface area contributed by atoms with Crippen molar-refractivity contribution in [2.24, 2.45) is 11.7 Å². The number of nitrogens with one attached hydrogen (secondary N) is 1. The lowest BCUT2D eigenvalue weighted by Gasteiger charge is -2.28. The number of ether oxygens (including phenoxy) is 1. The molecule has 2 aliphatic heterocycles. The van der Waals surface area contributed by atoms with Gasteiger partial charge in [0, 0.05) is 38.0 Å². The van der Waals surface area contributed by atoms with Crippen LogP contribution in [-0.4, -0.2) is 44.3 Å². The summed E-state index contributed by atoms with van der Waals surface area (Å²) in [6.07, 6.45) is 2.84. The average Bonchev–Trinajstić information content (AvgIpc) is 2.90. The molecule has 7 heteroatoms. The number of hydrogen-bond donors (Lipinski definition) is 2. The van der Waals surface area contributed by atoms with Crippen molar-refractivity contribution in [1.29, 1.82) is 0 Å². The summed E-state index contributed by atoms with van der Waals surface area (Å²) in [4.78, 5) is 14.6. The van der Waals surface area contributed by atoms with E-state index in [0.29, 0.717) is 25.8 Å². The standard InChI is InChI=1S/C18H27N3O2.2ClH/c1-13-12-15-4-2-3-5-16(15)21(13)9-8-20-18(22)17(19)14-6-10-23-11-7-14;;/h2-5,13-14,17H,6-12,19H2,1H3,(H,20,22);2*1H. The Kier molecular flexibility index (Phi) is 9.00. The molecule has 1 aromatic carbocycles. The van der Waals surface area contributed by atoms with Crippen molar-refractivity contribution < 1.29 is 9.53 Å². The number of amides is 1. The molecule has 3 N–H and O–H groups in total. The summed E-state index contributed by atoms with van der Waals surface area (Å²) in [7, 11) is 0. The lowest BCUT2D eigenvalue weighted by Crippen LogP contribution is -2.49. The van der Waals surface area contributed by atoms with Gasteiger partial charge < -0.3 is 20.7 Å². The van der Waals surface area contributed by atoms with E-state index in [1.165, 1.54) is 11.3 Å². The number of carbonyl (C=O) groups excluding carboxylic acids is 1. The Morgan fingerprint density at radius 2 is 2.00 bits per heavy atom. The third-order valence-electron chi connectivity index (χ3n) is 5.08. The summed E-state index contributed by atoms with van der Waals surface area (Å²) in [5, 5.41) is 3.01. The van der Waals surface area contributed by atoms with Crippen molar-refractivity contribution >= 4 is 36.4 Å². The van der Waals surface area contributed by atoms with E-state index < -0.39 is 6.04 Å². The number of hydrogen-bond acceptors (Lipinski definition) is 4. The van der Waals surface area contributed by atoms with E-state index in [2.05, 4.69) is 41.4 Å². The number of benzene rings is 1. The first-order valence-corrected chi connectivity index (χ1v) is 8.62. The molecule has 1 aromatic rings. The largest absolute Gasteiger partial charge is 0.381 e. The highest BCUT2D eigenvalue weighted by molar-refractivity contribution is 5.85. The molecule has 0 radical (unpaired) electrons. The number of nitrogens with two attached hydrogens (primary N) is 1. The van der Waals surface area contributed by atoms with Crippen LogP contribution in [0.2, 0.25) is 0 Å². The van der Waals surface area contributed by atoms with Gasteiger partial charge in [-0.25, -0.2) is 0 Å². The zero-order chi connectivity index (χ0) is 16.2. The number of anilines is 1. The maximum Gasteiger partial charge on any atom is 0.237 e. The molecule has 2 unspecified atom stereocenters. The zero-order valence-corrected chi connectivity index (χ0v) is 16.3. The number of nitrogens with zero attached hydrogens (tertiary/aromatic N) is 1. The van der Waals surface area contributed by atoms with Crippen LogP contribution >= 0.6 is 24.8 Å². The Hall–Kier alpha value is -1.01. The molecule has 0 aliphatic carbocycles. The van der Waals surface area contributed by atoms with E-state index in [4.69, 9.17) is 10.5 Å². The van der Waals surface area contributed by atoms with Crippen LogP contribution in [0.25, 0.3) is 0 Å². The Morgan fingerprint density at radius 1 is 1.32 bits per heavy atom. The quantitative estimate of drug-likeness (QED) is 0.809. The van der Waals surface area contributed by atoms with Crippen LogP contribution in [-0.2, 0) is 16.0 Å². The first kappa shape index (κ1) is 22.0. The van der Waals surface area contributed by atoms with Crippen LogP contribution in [0.3, 0.4) is 0 Å². The summed E-state index contributed by atoms with van der Waals surface area (Å²) < 4.78 is 5.33. The zero-order valence-electron chi connectivity index (χ0n) is 14.6. The molecule has 142 valence electrons. The van der Waals surface area contributed by atoms with E-state index in [1.807, 2.05) is 0 Å². The van der Waals surface area contributed by atoms with Crippen LogP contribution in [0, 0.1) is 5.92 Å². The lowest BCUT2D eigenvalue weighted by atomic mass is 9.92. The highest BCUT2D eigenvalue weighted by atomic mass is 35.5. The second-order valence-electron chi connectivity index (χ2n) is 6.64. The molecule has 5 nitrogen and oxygen atoms in total. The van der Waals surface area contributed by atoms with E-state index in [9.17, 15) is 4.79 Å². The van der Waals surface area contributed by atoms with Gasteiger partial charge in [0.25, 0.3) is 0 Å². The molecule has 0 saturated carbocycles. The van der Waals surface area contributed by atoms with Gasteiger partial charge in [0.05, 0.1) is 6.04 Å². The highest BCUT2D eigenvalue weighted by Crippen LogP contribution is 2.31. The van der Waals surface area contributed by atoms with Crippen molar-refractivity contribution in [3.8, 4) is 0 Å². The van der Waals surface area contributed by atoms with E-state index in [-0.39, 0.29) is 36.6 Å². The Bertz CT molecular complexity index is 553. The molecule has 3 rings (SSSR count). The second kappa shape index (κ2) is 10.2.